The van der Waals surface area contributed by atoms with Gasteiger partial charge in [-0.2, -0.15) is 0 Å². The van der Waals surface area contributed by atoms with E-state index in [1.165, 1.54) is 5.59 Å². The van der Waals surface area contributed by atoms with Gasteiger partial charge in [0.25, 0.3) is 0 Å². The van der Waals surface area contributed by atoms with Gasteiger partial charge in [0, 0.05) is 0 Å². The Labute approximate surface area is 28.0 Å². The lowest BCUT2D eigenvalue weighted by Gasteiger charge is -1.78. The summed E-state index contributed by atoms with van der Waals surface area (Å²) in [5, 5.41) is 1.87. The second kappa shape index (κ2) is 3.32. The molecule has 0 saturated heterocycles. The first-order chi connectivity index (χ1) is 2.41. The Kier molecular flexibility index (Phi) is 2.87. The maximum Gasteiger partial charge on any atom is 0.177 e. The van der Waals surface area contributed by atoms with Gasteiger partial charge in [0.05, 0.1) is 0 Å². The summed E-state index contributed by atoms with van der Waals surface area (Å²) in [5.41, 5.74) is 1.54. The first-order valence-electron chi connectivity index (χ1n) is 0.858. The Morgan fingerprint density at radius 3 is 2.60 bits per heavy atom. The van der Waals surface area contributed by atoms with Crippen molar-refractivity contribution in [2.75, 3.05) is 0 Å². The van der Waals surface area contributed by atoms with Crippen molar-refractivity contribution >= 4 is 0 Å². The zero-order valence-corrected chi connectivity index (χ0v) is 2.34. The van der Waals surface area contributed by atoms with E-state index < -0.39 is 0 Å². The summed E-state index contributed by atoms with van der Waals surface area (Å²) in [6.07, 6.45) is 0. The van der Waals surface area contributed by atoms with E-state index in [4.69, 9.17) is 4.91 Å². The average Bonchev–Trinajstić information content (AvgIpc) is 1.41. The highest BCUT2D eigenvalue weighted by Gasteiger charge is 1.58. The van der Waals surface area contributed by atoms with E-state index >= 15 is 0 Å². The summed E-state index contributed by atoms with van der Waals surface area (Å²) in [7, 11) is 0. The van der Waals surface area contributed by atoms with E-state index in [1.807, 2.05) is 5.34 Å². The van der Waals surface area contributed by atoms with E-state index in [0.717, 1.165) is 0 Å². The SMILES string of the molecule is NNON=O. The quantitative estimate of drug-likeness (QED) is 0.253. The van der Waals surface area contributed by atoms with Gasteiger partial charge in [0.1, 0.15) is 0 Å². The number of hydrogen-bond donors (Lipinski definition) is 2. The maximum absolute atomic E-state index is 8.79. The molecule has 3 N–H and O–H groups in total. The van der Waals surface area contributed by atoms with Gasteiger partial charge in [-0.25, -0.2) is 10.8 Å². The van der Waals surface area contributed by atoms with Crippen LogP contribution in [0.3, 0.4) is 0 Å². The Morgan fingerprint density at radius 1 is 2.00 bits per heavy atom. The molecule has 0 heterocycles. The molecule has 0 aliphatic carbocycles. The number of rotatable bonds is 2. The van der Waals surface area contributed by atoms with Crippen molar-refractivity contribution in [1.82, 2.24) is 5.59 Å². The molecule has 0 amide bonds. The molecule has 0 aromatic rings. The van der Waals surface area contributed by atoms with Crippen molar-refractivity contribution in [1.29, 1.82) is 0 Å². The van der Waals surface area contributed by atoms with Crippen LogP contribution in [0, 0.1) is 4.91 Å². The fourth-order valence-corrected chi connectivity index (χ4v) is 0.0215. The molecule has 0 aromatic heterocycles. The van der Waals surface area contributed by atoms with Crippen LogP contribution < -0.4 is 11.4 Å². The van der Waals surface area contributed by atoms with Crippen LogP contribution in [-0.4, -0.2) is 0 Å². The van der Waals surface area contributed by atoms with E-state index in [0.29, 0.717) is 0 Å². The van der Waals surface area contributed by atoms with Gasteiger partial charge in [0.2, 0.25) is 0 Å². The van der Waals surface area contributed by atoms with Crippen LogP contribution in [0.15, 0.2) is 5.34 Å². The molecule has 5 heavy (non-hydrogen) atoms. The van der Waals surface area contributed by atoms with Gasteiger partial charge >= 0.3 is 0 Å². The van der Waals surface area contributed by atoms with Crippen LogP contribution >= 0.6 is 0 Å². The molecule has 0 radical (unpaired) electrons. The van der Waals surface area contributed by atoms with Crippen LogP contribution in [-0.2, 0) is 4.94 Å². The molecule has 30 valence electrons. The van der Waals surface area contributed by atoms with Crippen molar-refractivity contribution in [2.24, 2.45) is 11.2 Å². The summed E-state index contributed by atoms with van der Waals surface area (Å²) in [4.78, 5) is 12.2. The Hall–Kier alpha value is -0.680. The smallest absolute Gasteiger partial charge is 0.177 e. The molecule has 0 rings (SSSR count). The minimum Gasteiger partial charge on any atom is -0.248 e. The zero-order valence-electron chi connectivity index (χ0n) is 2.34. The van der Waals surface area contributed by atoms with E-state index in [2.05, 4.69) is 10.8 Å². The third-order valence-electron chi connectivity index (χ3n) is 0.0900. The second-order valence-corrected chi connectivity index (χ2v) is 0.284. The van der Waals surface area contributed by atoms with E-state index in [-0.39, 0.29) is 0 Å². The van der Waals surface area contributed by atoms with Gasteiger partial charge < -0.3 is 0 Å². The molecule has 0 spiro atoms. The monoisotopic (exact) mass is 77.0 g/mol. The second-order valence-electron chi connectivity index (χ2n) is 0.284. The highest BCUT2D eigenvalue weighted by atomic mass is 16.8. The minimum atomic E-state index is 1.54. The normalized spacial score (nSPS) is 6.60. The fourth-order valence-electron chi connectivity index (χ4n) is 0.0215. The van der Waals surface area contributed by atoms with E-state index in [9.17, 15) is 0 Å². The van der Waals surface area contributed by atoms with Crippen molar-refractivity contribution < 1.29 is 4.94 Å². The molecule has 0 aliphatic rings. The first-order valence-corrected chi connectivity index (χ1v) is 0.858. The van der Waals surface area contributed by atoms with Crippen molar-refractivity contribution in [3.8, 4) is 0 Å². The molecule has 0 atom stereocenters. The molecule has 0 fully saturated rings. The number of nitrogens with one attached hydrogen (secondary N) is 1. The van der Waals surface area contributed by atoms with Crippen LogP contribution in [0.5, 0.6) is 0 Å². The number of nitrogens with zero attached hydrogens (tertiary/aromatic N) is 1. The third-order valence-corrected chi connectivity index (χ3v) is 0.0900. The summed E-state index contributed by atoms with van der Waals surface area (Å²) in [5.74, 6) is 4.37. The largest absolute Gasteiger partial charge is 0.248 e. The molecule has 0 unspecified atom stereocenters. The van der Waals surface area contributed by atoms with Crippen molar-refractivity contribution in [2.45, 2.75) is 0 Å². The molecule has 0 aromatic carbocycles. The standard InChI is InChI=1S/H3N3O2/c1-2-5-3-4/h2H,1H2. The molecule has 0 saturated carbocycles. The summed E-state index contributed by atoms with van der Waals surface area (Å²) in [6, 6.07) is 0. The fraction of sp³-hybridized carbons (Fsp3) is 0. The predicted octanol–water partition coefficient (Wildman–Crippen LogP) is -0.937. The lowest BCUT2D eigenvalue weighted by Crippen LogP contribution is -2.18. The third kappa shape index (κ3) is 3.32. The molecule has 0 bridgehead atoms. The number of hydrogen-bond acceptors (Lipinski definition) is 5. The number of nitrogens with two attached hydrogens (primary N) is 1. The van der Waals surface area contributed by atoms with Crippen LogP contribution in [0.1, 0.15) is 0 Å². The summed E-state index contributed by atoms with van der Waals surface area (Å²) >= 11 is 0. The van der Waals surface area contributed by atoms with Crippen LogP contribution in [0.25, 0.3) is 0 Å². The molecular formula is H3N3O2. The first kappa shape index (κ1) is 4.32. The molecule has 5 nitrogen and oxygen atoms in total. The van der Waals surface area contributed by atoms with Crippen molar-refractivity contribution in [3.63, 3.8) is 0 Å². The van der Waals surface area contributed by atoms with Gasteiger partial charge in [-0.05, 0) is 0 Å². The zero-order chi connectivity index (χ0) is 4.12. The molecule has 5 heteroatoms. The Bertz CT molecular complexity index is 26.1. The van der Waals surface area contributed by atoms with Crippen molar-refractivity contribution in [3.05, 3.63) is 4.91 Å². The summed E-state index contributed by atoms with van der Waals surface area (Å²) in [6.45, 7) is 0. The highest BCUT2D eigenvalue weighted by Crippen LogP contribution is 1.50. The minimum absolute atomic E-state index is 1.54. The highest BCUT2D eigenvalue weighted by molar-refractivity contribution is 3.90. The van der Waals surface area contributed by atoms with Crippen LogP contribution in [0.4, 0.5) is 0 Å². The Balaban J connectivity index is 2.40. The molecular weight excluding hydrogens is 74.0 g/mol. The lowest BCUT2D eigenvalue weighted by molar-refractivity contribution is 0.0430. The summed E-state index contributed by atoms with van der Waals surface area (Å²) < 4.78 is 0. The molecule has 0 aliphatic heterocycles. The van der Waals surface area contributed by atoms with Crippen LogP contribution in [0.2, 0.25) is 0 Å². The van der Waals surface area contributed by atoms with Gasteiger partial charge in [-0.15, -0.1) is 4.91 Å². The lowest BCUT2D eigenvalue weighted by atomic mass is 12.8. The van der Waals surface area contributed by atoms with Gasteiger partial charge in [0.15, 0.2) is 5.34 Å². The topological polar surface area (TPSA) is 76.7 Å². The maximum atomic E-state index is 8.79. The van der Waals surface area contributed by atoms with E-state index in [1.54, 1.807) is 0 Å². The predicted molar refractivity (Wildman–Crippen MR) is 14.2 cm³/mol. The van der Waals surface area contributed by atoms with Gasteiger partial charge in [-0.1, -0.05) is 5.59 Å². The van der Waals surface area contributed by atoms with Gasteiger partial charge in [-0.3, -0.25) is 0 Å². The Morgan fingerprint density at radius 2 is 2.60 bits per heavy atom. The number of hydrazine groups is 1. The average molecular weight is 77.0 g/mol.